The highest BCUT2D eigenvalue weighted by Crippen LogP contribution is 2.02. The molecule has 8 heteroatoms. The van der Waals surface area contributed by atoms with Crippen LogP contribution < -0.4 is 16.0 Å². The summed E-state index contributed by atoms with van der Waals surface area (Å²) < 4.78 is 0. The zero-order valence-corrected chi connectivity index (χ0v) is 11.0. The number of carboxylic acids is 1. The van der Waals surface area contributed by atoms with E-state index in [0.29, 0.717) is 6.54 Å². The third-order valence-electron chi connectivity index (χ3n) is 2.23. The molecule has 0 bridgehead atoms. The van der Waals surface area contributed by atoms with Crippen molar-refractivity contribution in [2.75, 3.05) is 13.1 Å². The van der Waals surface area contributed by atoms with E-state index in [1.54, 1.807) is 6.92 Å². The van der Waals surface area contributed by atoms with Crippen molar-refractivity contribution in [2.45, 2.75) is 20.8 Å². The molecule has 0 atom stereocenters. The van der Waals surface area contributed by atoms with Gasteiger partial charge in [0.15, 0.2) is 0 Å². The van der Waals surface area contributed by atoms with E-state index < -0.39 is 17.9 Å². The number of aliphatic carboxylic acids is 1. The minimum Gasteiger partial charge on any atom is -0.478 e. The molecule has 0 aliphatic heterocycles. The number of carboxylic acid groups (broad SMARTS) is 1. The Morgan fingerprint density at radius 3 is 2.05 bits per heavy atom. The first-order valence-electron chi connectivity index (χ1n) is 5.56. The number of rotatable bonds is 5. The van der Waals surface area contributed by atoms with Crippen LogP contribution in [0, 0.1) is 0 Å². The van der Waals surface area contributed by atoms with Crippen LogP contribution in [0.4, 0.5) is 4.79 Å². The van der Waals surface area contributed by atoms with Gasteiger partial charge in [0.05, 0.1) is 6.54 Å². The Labute approximate surface area is 110 Å². The van der Waals surface area contributed by atoms with Crippen molar-refractivity contribution in [2.24, 2.45) is 0 Å². The van der Waals surface area contributed by atoms with Crippen LogP contribution in [0.2, 0.25) is 0 Å². The summed E-state index contributed by atoms with van der Waals surface area (Å²) in [5.74, 6) is -2.46. The van der Waals surface area contributed by atoms with Crippen molar-refractivity contribution >= 4 is 23.8 Å². The van der Waals surface area contributed by atoms with Gasteiger partial charge >= 0.3 is 12.0 Å². The maximum absolute atomic E-state index is 11.5. The Bertz CT molecular complexity index is 428. The van der Waals surface area contributed by atoms with Crippen molar-refractivity contribution in [3.8, 4) is 0 Å². The molecule has 0 aliphatic carbocycles. The largest absolute Gasteiger partial charge is 0.478 e. The normalized spacial score (nSPS) is 11.1. The topological polar surface area (TPSA) is 125 Å². The van der Waals surface area contributed by atoms with Crippen LogP contribution >= 0.6 is 0 Å². The molecule has 0 spiro atoms. The summed E-state index contributed by atoms with van der Waals surface area (Å²) >= 11 is 0. The molecule has 0 aromatic rings. The van der Waals surface area contributed by atoms with Gasteiger partial charge in [-0.3, -0.25) is 14.9 Å². The zero-order valence-electron chi connectivity index (χ0n) is 11.0. The van der Waals surface area contributed by atoms with E-state index >= 15 is 0 Å². The van der Waals surface area contributed by atoms with E-state index in [0.717, 1.165) is 0 Å². The SMILES string of the molecule is CCNC(=O)CNC(=O)NC(=O)C(C)=C(C)C(=O)O. The molecule has 0 aromatic heterocycles. The molecule has 0 rings (SSSR count). The number of carbonyl (C=O) groups excluding carboxylic acids is 3. The van der Waals surface area contributed by atoms with E-state index in [4.69, 9.17) is 5.11 Å². The predicted molar refractivity (Wildman–Crippen MR) is 66.2 cm³/mol. The second-order valence-corrected chi connectivity index (χ2v) is 3.65. The van der Waals surface area contributed by atoms with Gasteiger partial charge < -0.3 is 15.7 Å². The van der Waals surface area contributed by atoms with Crippen LogP contribution in [-0.2, 0) is 14.4 Å². The standard InChI is InChI=1S/C11H17N3O5/c1-4-12-8(15)5-13-11(19)14-9(16)6(2)7(3)10(17)18/h4-5H2,1-3H3,(H,12,15)(H,17,18)(H2,13,14,16,19). The first-order chi connectivity index (χ1) is 8.79. The summed E-state index contributed by atoms with van der Waals surface area (Å²) in [5, 5.41) is 15.2. The van der Waals surface area contributed by atoms with E-state index in [-0.39, 0.29) is 23.6 Å². The molecule has 8 nitrogen and oxygen atoms in total. The monoisotopic (exact) mass is 271 g/mol. The summed E-state index contributed by atoms with van der Waals surface area (Å²) in [4.78, 5) is 44.4. The van der Waals surface area contributed by atoms with E-state index in [1.165, 1.54) is 13.8 Å². The van der Waals surface area contributed by atoms with Gasteiger partial charge in [0.25, 0.3) is 5.91 Å². The lowest BCUT2D eigenvalue weighted by Gasteiger charge is -2.07. The maximum atomic E-state index is 11.5. The molecule has 0 aromatic carbocycles. The molecule has 4 amide bonds. The number of hydrogen-bond acceptors (Lipinski definition) is 4. The Kier molecular flexibility index (Phi) is 6.87. The van der Waals surface area contributed by atoms with E-state index in [2.05, 4.69) is 10.6 Å². The first-order valence-corrected chi connectivity index (χ1v) is 5.56. The quantitative estimate of drug-likeness (QED) is 0.495. The van der Waals surface area contributed by atoms with Gasteiger partial charge in [-0.05, 0) is 20.8 Å². The van der Waals surface area contributed by atoms with Gasteiger partial charge in [0.2, 0.25) is 5.91 Å². The Hall–Kier alpha value is -2.38. The lowest BCUT2D eigenvalue weighted by Crippen LogP contribution is -2.44. The molecule has 0 radical (unpaired) electrons. The van der Waals surface area contributed by atoms with Crippen molar-refractivity contribution in [1.29, 1.82) is 0 Å². The van der Waals surface area contributed by atoms with Gasteiger partial charge in [-0.1, -0.05) is 0 Å². The van der Waals surface area contributed by atoms with Gasteiger partial charge in [-0.25, -0.2) is 9.59 Å². The van der Waals surface area contributed by atoms with Crippen LogP contribution in [0.25, 0.3) is 0 Å². The average molecular weight is 271 g/mol. The number of carbonyl (C=O) groups is 4. The number of hydrogen-bond donors (Lipinski definition) is 4. The highest BCUT2D eigenvalue weighted by Gasteiger charge is 2.15. The summed E-state index contributed by atoms with van der Waals surface area (Å²) in [6.07, 6.45) is 0. The molecule has 4 N–H and O–H groups in total. The average Bonchev–Trinajstić information content (AvgIpc) is 2.34. The summed E-state index contributed by atoms with van der Waals surface area (Å²) in [7, 11) is 0. The highest BCUT2D eigenvalue weighted by molar-refractivity contribution is 6.07. The van der Waals surface area contributed by atoms with Gasteiger partial charge in [0, 0.05) is 17.7 Å². The molecule has 19 heavy (non-hydrogen) atoms. The minimum atomic E-state index is -1.24. The number of urea groups is 1. The Balaban J connectivity index is 4.35. The molecule has 0 fully saturated rings. The molecule has 0 saturated carbocycles. The van der Waals surface area contributed by atoms with E-state index in [9.17, 15) is 19.2 Å². The number of likely N-dealkylation sites (N-methyl/N-ethyl adjacent to an activating group) is 1. The van der Waals surface area contributed by atoms with Crippen LogP contribution in [0.3, 0.4) is 0 Å². The van der Waals surface area contributed by atoms with Crippen molar-refractivity contribution in [3.05, 3.63) is 11.1 Å². The van der Waals surface area contributed by atoms with Crippen molar-refractivity contribution in [1.82, 2.24) is 16.0 Å². The fourth-order valence-electron chi connectivity index (χ4n) is 0.992. The highest BCUT2D eigenvalue weighted by atomic mass is 16.4. The lowest BCUT2D eigenvalue weighted by molar-refractivity contribution is -0.133. The second-order valence-electron chi connectivity index (χ2n) is 3.65. The zero-order chi connectivity index (χ0) is 15.0. The molecular weight excluding hydrogens is 254 g/mol. The Morgan fingerprint density at radius 1 is 1.00 bits per heavy atom. The molecular formula is C11H17N3O5. The lowest BCUT2D eigenvalue weighted by atomic mass is 10.1. The number of imide groups is 1. The maximum Gasteiger partial charge on any atom is 0.331 e. The van der Waals surface area contributed by atoms with Crippen LogP contribution in [-0.4, -0.2) is 42.0 Å². The molecule has 0 saturated heterocycles. The number of nitrogens with one attached hydrogen (secondary N) is 3. The van der Waals surface area contributed by atoms with E-state index in [1.807, 2.05) is 5.32 Å². The van der Waals surface area contributed by atoms with Gasteiger partial charge in [-0.2, -0.15) is 0 Å². The van der Waals surface area contributed by atoms with Crippen LogP contribution in [0.15, 0.2) is 11.1 Å². The minimum absolute atomic E-state index is 0.0827. The van der Waals surface area contributed by atoms with Gasteiger partial charge in [-0.15, -0.1) is 0 Å². The molecule has 106 valence electrons. The second kappa shape index (κ2) is 7.85. The third kappa shape index (κ3) is 6.20. The molecule has 0 heterocycles. The fraction of sp³-hybridized carbons (Fsp3) is 0.455. The summed E-state index contributed by atoms with van der Waals surface area (Å²) in [6, 6.07) is -0.867. The fourth-order valence-corrected chi connectivity index (χ4v) is 0.992. The molecule has 0 unspecified atom stereocenters. The summed E-state index contributed by atoms with van der Waals surface area (Å²) in [5.41, 5.74) is -0.241. The van der Waals surface area contributed by atoms with Gasteiger partial charge in [0.1, 0.15) is 0 Å². The van der Waals surface area contributed by atoms with Crippen LogP contribution in [0.1, 0.15) is 20.8 Å². The number of amides is 4. The third-order valence-corrected chi connectivity index (χ3v) is 2.23. The van der Waals surface area contributed by atoms with Crippen molar-refractivity contribution in [3.63, 3.8) is 0 Å². The summed E-state index contributed by atoms with van der Waals surface area (Å²) in [6.45, 7) is 4.43. The smallest absolute Gasteiger partial charge is 0.331 e. The first kappa shape index (κ1) is 16.6. The Morgan fingerprint density at radius 2 is 1.58 bits per heavy atom. The van der Waals surface area contributed by atoms with Crippen LogP contribution in [0.5, 0.6) is 0 Å². The van der Waals surface area contributed by atoms with Crippen molar-refractivity contribution < 1.29 is 24.3 Å². The predicted octanol–water partition coefficient (Wildman–Crippen LogP) is -0.631. The molecule has 0 aliphatic rings.